The van der Waals surface area contributed by atoms with Crippen molar-refractivity contribution in [3.63, 3.8) is 0 Å². The number of carboxylic acid groups (broad SMARTS) is 1. The van der Waals surface area contributed by atoms with Crippen LogP contribution in [0.1, 0.15) is 43.4 Å². The minimum Gasteiger partial charge on any atom is -0.481 e. The lowest BCUT2D eigenvalue weighted by Gasteiger charge is -2.22. The molecule has 0 aliphatic carbocycles. The van der Waals surface area contributed by atoms with E-state index in [0.717, 1.165) is 11.4 Å². The van der Waals surface area contributed by atoms with Crippen LogP contribution in [-0.4, -0.2) is 17.1 Å². The van der Waals surface area contributed by atoms with E-state index < -0.39 is 5.97 Å². The number of nitrogens with one attached hydrogen (secondary N) is 1. The molecule has 1 rings (SSSR count). The molecule has 0 fully saturated rings. The van der Waals surface area contributed by atoms with Crippen LogP contribution in [-0.2, 0) is 17.8 Å². The Bertz CT molecular complexity index is 372. The molecule has 3 nitrogen and oxygen atoms in total. The molecule has 1 aromatic rings. The molecule has 0 aromatic carbocycles. The normalized spacial score (nSPS) is 12.9. The molecule has 0 spiro atoms. The van der Waals surface area contributed by atoms with Gasteiger partial charge in [0, 0.05) is 22.3 Å². The topological polar surface area (TPSA) is 49.3 Å². The van der Waals surface area contributed by atoms with Gasteiger partial charge in [0.05, 0.1) is 6.42 Å². The molecule has 4 heteroatoms. The first-order chi connectivity index (χ1) is 8.56. The Morgan fingerprint density at radius 1 is 1.33 bits per heavy atom. The van der Waals surface area contributed by atoms with E-state index in [1.165, 1.54) is 17.7 Å². The Morgan fingerprint density at radius 2 is 1.94 bits per heavy atom. The molecule has 1 heterocycles. The average Bonchev–Trinajstić information content (AvgIpc) is 2.75. The molecule has 1 unspecified atom stereocenters. The summed E-state index contributed by atoms with van der Waals surface area (Å²) in [7, 11) is 0. The van der Waals surface area contributed by atoms with E-state index in [0.29, 0.717) is 12.0 Å². The number of thiophene rings is 1. The van der Waals surface area contributed by atoms with E-state index in [-0.39, 0.29) is 6.42 Å². The van der Waals surface area contributed by atoms with Gasteiger partial charge in [-0.05, 0) is 25.0 Å². The van der Waals surface area contributed by atoms with Gasteiger partial charge in [-0.3, -0.25) is 4.79 Å². The zero-order valence-electron chi connectivity index (χ0n) is 11.4. The third kappa shape index (κ3) is 4.78. The summed E-state index contributed by atoms with van der Waals surface area (Å²) in [6.45, 7) is 7.51. The summed E-state index contributed by atoms with van der Waals surface area (Å²) in [6, 6.07) is 4.44. The Morgan fingerprint density at radius 3 is 2.50 bits per heavy atom. The summed E-state index contributed by atoms with van der Waals surface area (Å²) >= 11 is 1.59. The molecule has 102 valence electrons. The summed E-state index contributed by atoms with van der Waals surface area (Å²) in [5.74, 6) is -0.0507. The summed E-state index contributed by atoms with van der Waals surface area (Å²) in [5.41, 5.74) is 0. The fourth-order valence-corrected chi connectivity index (χ4v) is 3.15. The van der Waals surface area contributed by atoms with Crippen molar-refractivity contribution in [2.45, 2.75) is 52.6 Å². The van der Waals surface area contributed by atoms with Gasteiger partial charge in [-0.2, -0.15) is 0 Å². The van der Waals surface area contributed by atoms with Gasteiger partial charge in [0.1, 0.15) is 0 Å². The van der Waals surface area contributed by atoms with Crippen molar-refractivity contribution in [3.8, 4) is 0 Å². The summed E-state index contributed by atoms with van der Waals surface area (Å²) < 4.78 is 0. The molecule has 1 aromatic heterocycles. The third-order valence-electron chi connectivity index (χ3n) is 3.40. The number of hydrogen-bond donors (Lipinski definition) is 2. The molecule has 0 saturated carbocycles. The van der Waals surface area contributed by atoms with Gasteiger partial charge in [-0.25, -0.2) is 0 Å². The van der Waals surface area contributed by atoms with E-state index >= 15 is 0 Å². The fourth-order valence-electron chi connectivity index (χ4n) is 2.19. The zero-order valence-corrected chi connectivity index (χ0v) is 12.2. The Balaban J connectivity index is 2.43. The average molecular weight is 269 g/mol. The zero-order chi connectivity index (χ0) is 13.5. The van der Waals surface area contributed by atoms with E-state index in [1.54, 1.807) is 11.3 Å². The number of rotatable bonds is 8. The van der Waals surface area contributed by atoms with Crippen molar-refractivity contribution in [1.82, 2.24) is 5.32 Å². The number of carbonyl (C=O) groups is 1. The molecule has 0 radical (unpaired) electrons. The van der Waals surface area contributed by atoms with Crippen LogP contribution < -0.4 is 5.32 Å². The predicted octanol–water partition coefficient (Wildman–Crippen LogP) is 3.29. The highest BCUT2D eigenvalue weighted by Gasteiger charge is 2.13. The maximum atomic E-state index is 10.6. The largest absolute Gasteiger partial charge is 0.481 e. The molecular formula is C14H23NO2S. The van der Waals surface area contributed by atoms with Crippen molar-refractivity contribution < 1.29 is 9.90 Å². The number of carboxylic acids is 1. The second-order valence-electron chi connectivity index (χ2n) is 4.68. The lowest BCUT2D eigenvalue weighted by Crippen LogP contribution is -2.32. The van der Waals surface area contributed by atoms with E-state index in [9.17, 15) is 4.79 Å². The monoisotopic (exact) mass is 269 g/mol. The predicted molar refractivity (Wildman–Crippen MR) is 76.0 cm³/mol. The highest BCUT2D eigenvalue weighted by molar-refractivity contribution is 7.12. The Hall–Kier alpha value is -0.870. The highest BCUT2D eigenvalue weighted by Crippen LogP contribution is 2.18. The summed E-state index contributed by atoms with van der Waals surface area (Å²) in [4.78, 5) is 12.7. The van der Waals surface area contributed by atoms with Crippen LogP contribution in [0.5, 0.6) is 0 Å². The molecule has 1 atom stereocenters. The first kappa shape index (κ1) is 15.2. The lowest BCUT2D eigenvalue weighted by atomic mass is 9.95. The van der Waals surface area contributed by atoms with Crippen LogP contribution in [0.25, 0.3) is 0 Å². The van der Waals surface area contributed by atoms with Crippen molar-refractivity contribution in [1.29, 1.82) is 0 Å². The van der Waals surface area contributed by atoms with Crippen molar-refractivity contribution in [2.75, 3.05) is 0 Å². The van der Waals surface area contributed by atoms with Gasteiger partial charge in [0.25, 0.3) is 0 Å². The smallest absolute Gasteiger partial charge is 0.308 e. The molecule has 0 aliphatic heterocycles. The lowest BCUT2D eigenvalue weighted by molar-refractivity contribution is -0.136. The Labute approximate surface area is 113 Å². The van der Waals surface area contributed by atoms with Gasteiger partial charge in [0.15, 0.2) is 0 Å². The quantitative estimate of drug-likeness (QED) is 0.761. The van der Waals surface area contributed by atoms with Crippen molar-refractivity contribution in [3.05, 3.63) is 21.9 Å². The molecule has 0 saturated heterocycles. The maximum absolute atomic E-state index is 10.6. The van der Waals surface area contributed by atoms with E-state index in [1.807, 2.05) is 12.1 Å². The molecule has 0 aliphatic rings. The van der Waals surface area contributed by atoms with Crippen LogP contribution >= 0.6 is 11.3 Å². The van der Waals surface area contributed by atoms with Crippen LogP contribution in [0.15, 0.2) is 12.1 Å². The van der Waals surface area contributed by atoms with Gasteiger partial charge >= 0.3 is 5.97 Å². The molecule has 2 N–H and O–H groups in total. The minimum absolute atomic E-state index is 0.132. The van der Waals surface area contributed by atoms with Crippen LogP contribution in [0, 0.1) is 5.92 Å². The number of hydrogen-bond acceptors (Lipinski definition) is 3. The first-order valence-corrected chi connectivity index (χ1v) is 7.41. The van der Waals surface area contributed by atoms with Crippen LogP contribution in [0.2, 0.25) is 0 Å². The van der Waals surface area contributed by atoms with E-state index in [2.05, 4.69) is 26.1 Å². The van der Waals surface area contributed by atoms with Crippen LogP contribution in [0.3, 0.4) is 0 Å². The fraction of sp³-hybridized carbons (Fsp3) is 0.643. The summed E-state index contributed by atoms with van der Waals surface area (Å²) in [5, 5.41) is 12.3. The van der Waals surface area contributed by atoms with Gasteiger partial charge in [-0.15, -0.1) is 11.3 Å². The minimum atomic E-state index is -0.762. The van der Waals surface area contributed by atoms with Gasteiger partial charge in [-0.1, -0.05) is 26.7 Å². The Kier molecular flexibility index (Phi) is 6.36. The third-order valence-corrected chi connectivity index (χ3v) is 4.48. The van der Waals surface area contributed by atoms with Crippen molar-refractivity contribution in [2.24, 2.45) is 5.92 Å². The molecule has 0 amide bonds. The maximum Gasteiger partial charge on any atom is 0.308 e. The molecule has 18 heavy (non-hydrogen) atoms. The van der Waals surface area contributed by atoms with Gasteiger partial charge < -0.3 is 10.4 Å². The molecular weight excluding hydrogens is 246 g/mol. The second-order valence-corrected chi connectivity index (χ2v) is 5.94. The number of aliphatic carboxylic acids is 1. The first-order valence-electron chi connectivity index (χ1n) is 6.59. The standard InChI is InChI=1S/C14H23NO2S/c1-4-11(5-2)10(3)15-9-13-7-6-12(18-13)8-14(16)17/h6-7,10-11,15H,4-5,8-9H2,1-3H3,(H,16,17). The van der Waals surface area contributed by atoms with Crippen LogP contribution in [0.4, 0.5) is 0 Å². The molecule has 0 bridgehead atoms. The second kappa shape index (κ2) is 7.54. The summed E-state index contributed by atoms with van der Waals surface area (Å²) in [6.07, 6.45) is 2.52. The van der Waals surface area contributed by atoms with Crippen molar-refractivity contribution >= 4 is 17.3 Å². The van der Waals surface area contributed by atoms with Gasteiger partial charge in [0.2, 0.25) is 0 Å². The highest BCUT2D eigenvalue weighted by atomic mass is 32.1. The SMILES string of the molecule is CCC(CC)C(C)NCc1ccc(CC(=O)O)s1. The van der Waals surface area contributed by atoms with E-state index in [4.69, 9.17) is 5.11 Å².